The molecule has 3 aliphatic heterocycles. The van der Waals surface area contributed by atoms with E-state index in [4.69, 9.17) is 28.4 Å². The van der Waals surface area contributed by atoms with Crippen LogP contribution in [0.5, 0.6) is 34.5 Å². The molecule has 0 bridgehead atoms. The number of aryl methyl sites for hydroxylation is 6. The molecule has 0 N–H and O–H groups in total. The van der Waals surface area contributed by atoms with Crippen LogP contribution in [-0.2, 0) is 38.5 Å². The molecule has 1 aliphatic carbocycles. The third-order valence-electron chi connectivity index (χ3n) is 7.08. The first-order valence-corrected chi connectivity index (χ1v) is 11.5. The smallest absolute Gasteiger partial charge is 0.231 e. The lowest BCUT2D eigenvalue weighted by Gasteiger charge is -2.18. The molecule has 0 amide bonds. The van der Waals surface area contributed by atoms with Crippen molar-refractivity contribution in [3.63, 3.8) is 0 Å². The summed E-state index contributed by atoms with van der Waals surface area (Å²) in [5.41, 5.74) is 7.87. The highest BCUT2D eigenvalue weighted by atomic mass is 16.7. The van der Waals surface area contributed by atoms with Crippen molar-refractivity contribution >= 4 is 0 Å². The second kappa shape index (κ2) is 7.51. The van der Waals surface area contributed by atoms with Crippen molar-refractivity contribution in [2.75, 3.05) is 20.4 Å². The van der Waals surface area contributed by atoms with Crippen molar-refractivity contribution < 1.29 is 28.4 Å². The maximum absolute atomic E-state index is 5.68. The molecule has 0 unspecified atom stereocenters. The third-order valence-corrected chi connectivity index (χ3v) is 7.08. The number of ether oxygens (including phenoxy) is 6. The summed E-state index contributed by atoms with van der Waals surface area (Å²) in [4.78, 5) is 0. The van der Waals surface area contributed by atoms with Crippen LogP contribution in [0.2, 0.25) is 0 Å². The van der Waals surface area contributed by atoms with Crippen LogP contribution < -0.4 is 28.4 Å². The summed E-state index contributed by atoms with van der Waals surface area (Å²) in [6.07, 6.45) is 5.62. The molecule has 0 spiro atoms. The zero-order chi connectivity index (χ0) is 21.8. The van der Waals surface area contributed by atoms with Gasteiger partial charge in [-0.15, -0.1) is 0 Å². The number of hydrogen-bond donors (Lipinski definition) is 0. The number of rotatable bonds is 0. The molecule has 33 heavy (non-hydrogen) atoms. The highest BCUT2D eigenvalue weighted by Crippen LogP contribution is 2.40. The predicted octanol–water partition coefficient (Wildman–Crippen LogP) is 4.54. The van der Waals surface area contributed by atoms with E-state index in [0.29, 0.717) is 0 Å². The summed E-state index contributed by atoms with van der Waals surface area (Å²) in [5, 5.41) is 0. The van der Waals surface area contributed by atoms with Crippen LogP contribution in [0.1, 0.15) is 33.4 Å². The van der Waals surface area contributed by atoms with E-state index in [1.165, 1.54) is 33.4 Å². The minimum Gasteiger partial charge on any atom is -0.454 e. The van der Waals surface area contributed by atoms with E-state index in [-0.39, 0.29) is 20.4 Å². The molecular weight excluding hydrogens is 420 g/mol. The van der Waals surface area contributed by atoms with Gasteiger partial charge in [0.15, 0.2) is 34.5 Å². The van der Waals surface area contributed by atoms with Crippen molar-refractivity contribution in [2.24, 2.45) is 0 Å². The van der Waals surface area contributed by atoms with Crippen molar-refractivity contribution in [2.45, 2.75) is 38.5 Å². The van der Waals surface area contributed by atoms with E-state index in [1.54, 1.807) is 0 Å². The molecule has 0 aromatic heterocycles. The highest BCUT2D eigenvalue weighted by molar-refractivity contribution is 5.53. The van der Waals surface area contributed by atoms with Gasteiger partial charge in [-0.3, -0.25) is 0 Å². The molecule has 0 atom stereocenters. The third kappa shape index (κ3) is 3.32. The van der Waals surface area contributed by atoms with Crippen LogP contribution in [-0.4, -0.2) is 20.4 Å². The minimum absolute atomic E-state index is 0.289. The van der Waals surface area contributed by atoms with Crippen molar-refractivity contribution in [1.82, 2.24) is 0 Å². The molecule has 3 aromatic carbocycles. The Hall–Kier alpha value is -3.54. The average molecular weight is 444 g/mol. The van der Waals surface area contributed by atoms with Gasteiger partial charge in [0.25, 0.3) is 0 Å². The summed E-state index contributed by atoms with van der Waals surface area (Å²) in [7, 11) is 0. The molecule has 0 saturated carbocycles. The molecule has 3 aromatic rings. The second-order valence-electron chi connectivity index (χ2n) is 8.92. The molecule has 0 radical (unpaired) electrons. The fourth-order valence-electron chi connectivity index (χ4n) is 5.28. The second-order valence-corrected chi connectivity index (χ2v) is 8.92. The first kappa shape index (κ1) is 19.0. The van der Waals surface area contributed by atoms with Crippen LogP contribution in [0.25, 0.3) is 0 Å². The summed E-state index contributed by atoms with van der Waals surface area (Å²) >= 11 is 0. The van der Waals surface area contributed by atoms with E-state index in [9.17, 15) is 0 Å². The van der Waals surface area contributed by atoms with Crippen LogP contribution in [0.4, 0.5) is 0 Å². The maximum atomic E-state index is 5.68. The molecule has 3 heterocycles. The van der Waals surface area contributed by atoms with Gasteiger partial charge in [0.1, 0.15) is 0 Å². The van der Waals surface area contributed by atoms with Gasteiger partial charge in [0.2, 0.25) is 20.4 Å². The fourth-order valence-corrected chi connectivity index (χ4v) is 5.28. The Bertz CT molecular complexity index is 1020. The lowest BCUT2D eigenvalue weighted by Crippen LogP contribution is -2.07. The van der Waals surface area contributed by atoms with Crippen LogP contribution in [0.15, 0.2) is 36.4 Å². The molecule has 6 heteroatoms. The fraction of sp³-hybridized carbons (Fsp3) is 0.333. The SMILES string of the molecule is c1c2c(cc3c1OCO3)CCc1cc3c(cc1CCc1cc4c(cc1CC2)OCO4)OCO3. The highest BCUT2D eigenvalue weighted by Gasteiger charge is 2.23. The van der Waals surface area contributed by atoms with Gasteiger partial charge in [0, 0.05) is 0 Å². The molecule has 4 aliphatic rings. The topological polar surface area (TPSA) is 55.4 Å². The average Bonchev–Trinajstić information content (AvgIpc) is 3.58. The van der Waals surface area contributed by atoms with Crippen LogP contribution in [0.3, 0.4) is 0 Å². The summed E-state index contributed by atoms with van der Waals surface area (Å²) in [6.45, 7) is 0.866. The summed E-state index contributed by atoms with van der Waals surface area (Å²) in [6, 6.07) is 13.0. The summed E-state index contributed by atoms with van der Waals surface area (Å²) in [5.74, 6) is 5.06. The van der Waals surface area contributed by atoms with E-state index < -0.39 is 0 Å². The van der Waals surface area contributed by atoms with Crippen molar-refractivity contribution in [1.29, 1.82) is 0 Å². The first-order valence-electron chi connectivity index (χ1n) is 11.5. The normalized spacial score (nSPS) is 17.5. The van der Waals surface area contributed by atoms with Gasteiger partial charge in [-0.2, -0.15) is 0 Å². The molecule has 7 rings (SSSR count). The van der Waals surface area contributed by atoms with Gasteiger partial charge in [-0.25, -0.2) is 0 Å². The molecule has 168 valence electrons. The monoisotopic (exact) mass is 444 g/mol. The van der Waals surface area contributed by atoms with E-state index in [2.05, 4.69) is 36.4 Å². The van der Waals surface area contributed by atoms with Gasteiger partial charge >= 0.3 is 0 Å². The van der Waals surface area contributed by atoms with Gasteiger partial charge in [0.05, 0.1) is 0 Å². The van der Waals surface area contributed by atoms with Crippen LogP contribution >= 0.6 is 0 Å². The molecular formula is C27H24O6. The Balaban J connectivity index is 1.34. The number of fused-ring (bicyclic) bond motifs is 6. The first-order chi connectivity index (χ1) is 16.3. The van der Waals surface area contributed by atoms with Gasteiger partial charge < -0.3 is 28.4 Å². The quantitative estimate of drug-likeness (QED) is 0.507. The Morgan fingerprint density at radius 3 is 0.667 bits per heavy atom. The van der Waals surface area contributed by atoms with E-state index in [1.807, 2.05) is 0 Å². The Morgan fingerprint density at radius 1 is 0.303 bits per heavy atom. The molecule has 0 saturated heterocycles. The maximum Gasteiger partial charge on any atom is 0.231 e. The Kier molecular flexibility index (Phi) is 4.32. The van der Waals surface area contributed by atoms with Crippen LogP contribution in [0, 0.1) is 0 Å². The summed E-state index contributed by atoms with van der Waals surface area (Å²) < 4.78 is 34.1. The van der Waals surface area contributed by atoms with Crippen molar-refractivity contribution in [3.8, 4) is 34.5 Å². The number of hydrogen-bond acceptors (Lipinski definition) is 6. The lowest BCUT2D eigenvalue weighted by molar-refractivity contribution is 0.173. The lowest BCUT2D eigenvalue weighted by atomic mass is 9.88. The zero-order valence-electron chi connectivity index (χ0n) is 18.3. The van der Waals surface area contributed by atoms with E-state index in [0.717, 1.165) is 73.0 Å². The molecule has 6 nitrogen and oxygen atoms in total. The van der Waals surface area contributed by atoms with Crippen molar-refractivity contribution in [3.05, 3.63) is 69.8 Å². The standard InChI is InChI=1S/C27H24O6/c1-2-17-8-23-25(31-14-29-23)10-19(17)5-6-21-12-27-26(32-15-33-27)11-20(21)4-3-18-9-24-22(7-16(1)18)28-13-30-24/h7-12H,1-6,13-15H2. The molecule has 0 fully saturated rings. The van der Waals surface area contributed by atoms with E-state index >= 15 is 0 Å². The van der Waals surface area contributed by atoms with Gasteiger partial charge in [-0.05, 0) is 108 Å². The van der Waals surface area contributed by atoms with Gasteiger partial charge in [-0.1, -0.05) is 0 Å². The minimum atomic E-state index is 0.289. The Morgan fingerprint density at radius 2 is 0.485 bits per heavy atom. The largest absolute Gasteiger partial charge is 0.454 e. The Labute approximate surface area is 191 Å². The predicted molar refractivity (Wildman–Crippen MR) is 120 cm³/mol. The number of benzene rings is 3. The zero-order valence-corrected chi connectivity index (χ0v) is 18.3.